The fourth-order valence-corrected chi connectivity index (χ4v) is 1.65. The van der Waals surface area contributed by atoms with Gasteiger partial charge < -0.3 is 38.6 Å². The van der Waals surface area contributed by atoms with Crippen molar-refractivity contribution >= 4 is 0 Å². The first kappa shape index (κ1) is 19.7. The molecule has 0 amide bonds. The topological polar surface area (TPSA) is 95.8 Å². The highest BCUT2D eigenvalue weighted by Crippen LogP contribution is 1.92. The van der Waals surface area contributed by atoms with Gasteiger partial charge in [0.05, 0.1) is 79.3 Å². The Bertz CT molecular complexity index is 197. The molecule has 0 aromatic heterocycles. The van der Waals surface area contributed by atoms with E-state index in [1.54, 1.807) is 0 Å². The lowest BCUT2D eigenvalue weighted by Gasteiger charge is -2.14. The van der Waals surface area contributed by atoms with E-state index in [2.05, 4.69) is 0 Å². The third-order valence-electron chi connectivity index (χ3n) is 2.73. The second kappa shape index (κ2) is 14.3. The second-order valence-electron chi connectivity index (χ2n) is 4.83. The van der Waals surface area contributed by atoms with Crippen molar-refractivity contribution in [3.05, 3.63) is 0 Å². The predicted molar refractivity (Wildman–Crippen MR) is 76.9 cm³/mol. The Morgan fingerprint density at radius 1 is 0.409 bits per heavy atom. The van der Waals surface area contributed by atoms with Crippen molar-refractivity contribution in [3.63, 3.8) is 0 Å². The summed E-state index contributed by atoms with van der Waals surface area (Å²) in [5, 5.41) is 19.2. The Hall–Kier alpha value is -0.320. The first-order valence-electron chi connectivity index (χ1n) is 7.61. The minimum absolute atomic E-state index is 0.209. The van der Waals surface area contributed by atoms with Gasteiger partial charge in [0.15, 0.2) is 0 Å². The normalized spacial score (nSPS) is 29.7. The maximum Gasteiger partial charge on any atom is 0.101 e. The summed E-state index contributed by atoms with van der Waals surface area (Å²) in [6, 6.07) is 0. The van der Waals surface area contributed by atoms with E-state index in [9.17, 15) is 10.2 Å². The molecule has 1 aliphatic rings. The molecule has 0 saturated carbocycles. The Kier molecular flexibility index (Phi) is 12.8. The average Bonchev–Trinajstić information content (AvgIpc) is 2.50. The van der Waals surface area contributed by atoms with E-state index in [1.165, 1.54) is 0 Å². The summed E-state index contributed by atoms with van der Waals surface area (Å²) >= 11 is 0. The molecule has 1 rings (SSSR count). The van der Waals surface area contributed by atoms with Crippen LogP contribution in [-0.2, 0) is 28.4 Å². The maximum atomic E-state index is 9.60. The molecule has 0 atom stereocenters. The third kappa shape index (κ3) is 12.2. The fourth-order valence-electron chi connectivity index (χ4n) is 1.65. The summed E-state index contributed by atoms with van der Waals surface area (Å²) in [4.78, 5) is 0. The fraction of sp³-hybridized carbons (Fsp3) is 1.00. The van der Waals surface area contributed by atoms with Gasteiger partial charge >= 0.3 is 0 Å². The van der Waals surface area contributed by atoms with Gasteiger partial charge in [0.1, 0.15) is 12.2 Å². The van der Waals surface area contributed by atoms with Gasteiger partial charge in [0, 0.05) is 0 Å². The van der Waals surface area contributed by atoms with Crippen LogP contribution in [0.2, 0.25) is 0 Å². The zero-order valence-corrected chi connectivity index (χ0v) is 13.0. The summed E-state index contributed by atoms with van der Waals surface area (Å²) in [6.07, 6.45) is -1.31. The van der Waals surface area contributed by atoms with Crippen LogP contribution in [0.25, 0.3) is 0 Å². The van der Waals surface area contributed by atoms with Crippen molar-refractivity contribution in [1.29, 1.82) is 0 Å². The smallest absolute Gasteiger partial charge is 0.101 e. The van der Waals surface area contributed by atoms with Gasteiger partial charge in [-0.15, -0.1) is 0 Å². The van der Waals surface area contributed by atoms with Crippen LogP contribution < -0.4 is 0 Å². The van der Waals surface area contributed by atoms with Gasteiger partial charge in [0.2, 0.25) is 0 Å². The summed E-state index contributed by atoms with van der Waals surface area (Å²) in [5.74, 6) is 0. The standard InChI is InChI=1S/C14H28O8/c15-13-9-19-5-1-17-2-6-20-11-14(16)12-22-8-4-18-3-7-21-10-13/h13-16H,1-12H2. The maximum absolute atomic E-state index is 9.60. The highest BCUT2D eigenvalue weighted by molar-refractivity contribution is 4.52. The SMILES string of the molecule is OC1COCCOCCOCC(O)COCCOCCOC1. The van der Waals surface area contributed by atoms with Gasteiger partial charge in [-0.2, -0.15) is 0 Å². The van der Waals surface area contributed by atoms with E-state index in [0.29, 0.717) is 52.9 Å². The van der Waals surface area contributed by atoms with Crippen molar-refractivity contribution < 1.29 is 38.6 Å². The van der Waals surface area contributed by atoms with Gasteiger partial charge in [-0.25, -0.2) is 0 Å². The molecule has 8 heteroatoms. The molecule has 132 valence electrons. The number of rotatable bonds is 0. The van der Waals surface area contributed by atoms with Gasteiger partial charge in [-0.3, -0.25) is 0 Å². The van der Waals surface area contributed by atoms with E-state index in [0.717, 1.165) is 0 Å². The van der Waals surface area contributed by atoms with E-state index >= 15 is 0 Å². The first-order valence-corrected chi connectivity index (χ1v) is 7.61. The molecule has 2 N–H and O–H groups in total. The number of aliphatic hydroxyl groups is 2. The van der Waals surface area contributed by atoms with E-state index in [-0.39, 0.29) is 26.4 Å². The lowest BCUT2D eigenvalue weighted by Crippen LogP contribution is -2.25. The second-order valence-corrected chi connectivity index (χ2v) is 4.83. The average molecular weight is 324 g/mol. The van der Waals surface area contributed by atoms with Crippen molar-refractivity contribution in [2.24, 2.45) is 0 Å². The summed E-state index contributed by atoms with van der Waals surface area (Å²) in [7, 11) is 0. The Morgan fingerprint density at radius 3 is 0.909 bits per heavy atom. The zero-order valence-electron chi connectivity index (χ0n) is 13.0. The molecule has 0 bridgehead atoms. The Balaban J connectivity index is 2.15. The monoisotopic (exact) mass is 324 g/mol. The minimum atomic E-state index is -0.654. The molecule has 22 heavy (non-hydrogen) atoms. The molecule has 0 spiro atoms. The van der Waals surface area contributed by atoms with Crippen LogP contribution in [0.4, 0.5) is 0 Å². The molecule has 1 fully saturated rings. The largest absolute Gasteiger partial charge is 0.388 e. The molecule has 1 heterocycles. The molecule has 1 saturated heterocycles. The van der Waals surface area contributed by atoms with E-state index in [4.69, 9.17) is 28.4 Å². The molecule has 0 aromatic rings. The Morgan fingerprint density at radius 2 is 0.636 bits per heavy atom. The third-order valence-corrected chi connectivity index (χ3v) is 2.73. The summed E-state index contributed by atoms with van der Waals surface area (Å²) in [5.41, 5.74) is 0. The lowest BCUT2D eigenvalue weighted by molar-refractivity contribution is -0.0627. The van der Waals surface area contributed by atoms with Crippen molar-refractivity contribution in [2.45, 2.75) is 12.2 Å². The Labute approximate surface area is 131 Å². The molecule has 0 unspecified atom stereocenters. The van der Waals surface area contributed by atoms with Crippen LogP contribution in [0.3, 0.4) is 0 Å². The highest BCUT2D eigenvalue weighted by Gasteiger charge is 2.06. The number of aliphatic hydroxyl groups excluding tert-OH is 2. The lowest BCUT2D eigenvalue weighted by atomic mass is 10.4. The van der Waals surface area contributed by atoms with Crippen molar-refractivity contribution in [3.8, 4) is 0 Å². The van der Waals surface area contributed by atoms with Crippen molar-refractivity contribution in [1.82, 2.24) is 0 Å². The molecule has 0 aromatic carbocycles. The molecular formula is C14H28O8. The number of hydrogen-bond donors (Lipinski definition) is 2. The van der Waals surface area contributed by atoms with E-state index < -0.39 is 12.2 Å². The van der Waals surface area contributed by atoms with Gasteiger partial charge in [0.25, 0.3) is 0 Å². The summed E-state index contributed by atoms with van der Waals surface area (Å²) in [6.45, 7) is 4.14. The molecule has 0 radical (unpaired) electrons. The van der Waals surface area contributed by atoms with Crippen molar-refractivity contribution in [2.75, 3.05) is 79.3 Å². The molecule has 0 aliphatic carbocycles. The van der Waals surface area contributed by atoms with Crippen LogP contribution in [0, 0.1) is 0 Å². The molecule has 8 nitrogen and oxygen atoms in total. The van der Waals surface area contributed by atoms with Crippen LogP contribution in [-0.4, -0.2) is 102 Å². The number of hydrogen-bond acceptors (Lipinski definition) is 8. The molecule has 1 aliphatic heterocycles. The molecular weight excluding hydrogens is 296 g/mol. The van der Waals surface area contributed by atoms with Gasteiger partial charge in [-0.05, 0) is 0 Å². The minimum Gasteiger partial charge on any atom is -0.388 e. The van der Waals surface area contributed by atoms with Gasteiger partial charge in [-0.1, -0.05) is 0 Å². The highest BCUT2D eigenvalue weighted by atomic mass is 16.6. The first-order chi connectivity index (χ1) is 10.8. The quantitative estimate of drug-likeness (QED) is 0.575. The summed E-state index contributed by atoms with van der Waals surface area (Å²) < 4.78 is 31.6. The van der Waals surface area contributed by atoms with Crippen LogP contribution in [0.5, 0.6) is 0 Å². The zero-order chi connectivity index (χ0) is 15.9. The van der Waals surface area contributed by atoms with Crippen LogP contribution >= 0.6 is 0 Å². The van der Waals surface area contributed by atoms with Crippen LogP contribution in [0.1, 0.15) is 0 Å². The van der Waals surface area contributed by atoms with E-state index in [1.807, 2.05) is 0 Å². The predicted octanol–water partition coefficient (Wildman–Crippen LogP) is -1.18. The van der Waals surface area contributed by atoms with Crippen LogP contribution in [0.15, 0.2) is 0 Å². The number of ether oxygens (including phenoxy) is 6.